The zero-order chi connectivity index (χ0) is 20.9. The number of fused-ring (bicyclic) bond motifs is 4. The summed E-state index contributed by atoms with van der Waals surface area (Å²) < 4.78 is 5.10. The number of anilines is 1. The first-order valence-electron chi connectivity index (χ1n) is 9.99. The number of methoxy groups -OCH3 is 1. The molecule has 3 aliphatic heterocycles. The summed E-state index contributed by atoms with van der Waals surface area (Å²) in [4.78, 5) is 41.4. The number of amides is 3. The summed E-state index contributed by atoms with van der Waals surface area (Å²) in [6.07, 6.45) is 2.80. The zero-order valence-corrected chi connectivity index (χ0v) is 18.1. The van der Waals surface area contributed by atoms with Crippen LogP contribution in [0.2, 0.25) is 0 Å². The number of aryl methyl sites for hydroxylation is 1. The third-order valence-electron chi connectivity index (χ3n) is 6.84. The standard InChI is InChI=1S/C21H27N3O4S/c1-11-5-6-13-17(12(11)2)22-20(27)21(13)16-15(14(23-21)7-10-29-4)18(25)24(19(16)26)8-9-28-3/h5-6,14-16,23H,7-10H2,1-4H3,(H,22,27)/p+1/t14-,15+,16-,21-/m0/s1. The van der Waals surface area contributed by atoms with Gasteiger partial charge in [-0.3, -0.25) is 19.3 Å². The molecule has 0 unspecified atom stereocenters. The molecule has 0 bridgehead atoms. The summed E-state index contributed by atoms with van der Waals surface area (Å²) in [6, 6.07) is 3.85. The van der Waals surface area contributed by atoms with E-state index in [0.29, 0.717) is 6.61 Å². The molecule has 8 heteroatoms. The number of carbonyl (C=O) groups is 3. The lowest BCUT2D eigenvalue weighted by Gasteiger charge is -2.26. The number of ether oxygens (including phenoxy) is 1. The van der Waals surface area contributed by atoms with Crippen molar-refractivity contribution in [1.82, 2.24) is 4.90 Å². The number of nitrogens with one attached hydrogen (secondary N) is 1. The Balaban J connectivity index is 1.83. The molecule has 156 valence electrons. The van der Waals surface area contributed by atoms with Crippen molar-refractivity contribution in [3.63, 3.8) is 0 Å². The second-order valence-corrected chi connectivity index (χ2v) is 9.18. The van der Waals surface area contributed by atoms with Gasteiger partial charge in [-0.1, -0.05) is 6.07 Å². The molecule has 0 saturated carbocycles. The van der Waals surface area contributed by atoms with Gasteiger partial charge in [-0.25, -0.2) is 0 Å². The Kier molecular flexibility index (Phi) is 5.21. The number of hydrogen-bond acceptors (Lipinski definition) is 5. The second kappa shape index (κ2) is 7.41. The van der Waals surface area contributed by atoms with Crippen molar-refractivity contribution in [1.29, 1.82) is 0 Å². The number of imide groups is 1. The van der Waals surface area contributed by atoms with Gasteiger partial charge >= 0.3 is 0 Å². The maximum absolute atomic E-state index is 13.4. The average Bonchev–Trinajstić information content (AvgIpc) is 3.27. The van der Waals surface area contributed by atoms with Gasteiger partial charge in [0, 0.05) is 19.1 Å². The van der Waals surface area contributed by atoms with E-state index in [1.54, 1.807) is 18.9 Å². The first kappa shape index (κ1) is 20.4. The first-order chi connectivity index (χ1) is 13.9. The first-order valence-corrected chi connectivity index (χ1v) is 11.4. The van der Waals surface area contributed by atoms with Crippen LogP contribution in [0.4, 0.5) is 5.69 Å². The molecule has 3 amide bonds. The fourth-order valence-corrected chi connectivity index (χ4v) is 5.77. The zero-order valence-electron chi connectivity index (χ0n) is 17.3. The van der Waals surface area contributed by atoms with Gasteiger partial charge in [0.05, 0.1) is 18.8 Å². The molecule has 0 aromatic heterocycles. The van der Waals surface area contributed by atoms with Gasteiger partial charge in [0.2, 0.25) is 17.4 Å². The molecule has 4 rings (SSSR count). The number of benzene rings is 1. The van der Waals surface area contributed by atoms with E-state index in [-0.39, 0.29) is 30.3 Å². The third kappa shape index (κ3) is 2.76. The number of nitrogens with zero attached hydrogens (tertiary/aromatic N) is 1. The molecule has 1 aromatic rings. The fraction of sp³-hybridized carbons (Fsp3) is 0.571. The average molecular weight is 419 g/mol. The quantitative estimate of drug-likeness (QED) is 0.653. The van der Waals surface area contributed by atoms with Gasteiger partial charge in [-0.05, 0) is 43.0 Å². The van der Waals surface area contributed by atoms with Crippen LogP contribution in [0.25, 0.3) is 0 Å². The van der Waals surface area contributed by atoms with Gasteiger partial charge in [0.1, 0.15) is 17.9 Å². The smallest absolute Gasteiger partial charge is 0.291 e. The summed E-state index contributed by atoms with van der Waals surface area (Å²) in [7, 11) is 1.55. The van der Waals surface area contributed by atoms with Crippen molar-refractivity contribution in [3.05, 3.63) is 28.8 Å². The van der Waals surface area contributed by atoms with Crippen molar-refractivity contribution in [2.24, 2.45) is 11.8 Å². The van der Waals surface area contributed by atoms with Gasteiger partial charge < -0.3 is 15.4 Å². The van der Waals surface area contributed by atoms with Crippen LogP contribution in [0.15, 0.2) is 12.1 Å². The molecule has 4 atom stereocenters. The lowest BCUT2D eigenvalue weighted by Crippen LogP contribution is -2.99. The molecule has 0 aliphatic carbocycles. The van der Waals surface area contributed by atoms with E-state index >= 15 is 0 Å². The maximum Gasteiger partial charge on any atom is 0.291 e. The molecule has 2 saturated heterocycles. The van der Waals surface area contributed by atoms with E-state index in [4.69, 9.17) is 4.74 Å². The number of thioether (sulfide) groups is 1. The van der Waals surface area contributed by atoms with Crippen LogP contribution in [0.5, 0.6) is 0 Å². The van der Waals surface area contributed by atoms with Gasteiger partial charge in [-0.15, -0.1) is 0 Å². The van der Waals surface area contributed by atoms with Crippen LogP contribution < -0.4 is 10.6 Å². The monoisotopic (exact) mass is 418 g/mol. The number of likely N-dealkylation sites (tertiary alicyclic amines) is 1. The number of carbonyl (C=O) groups excluding carboxylic acids is 3. The normalized spacial score (nSPS) is 30.3. The van der Waals surface area contributed by atoms with E-state index in [1.807, 2.05) is 37.6 Å². The molecule has 3 N–H and O–H groups in total. The number of nitrogens with two attached hydrogens (primary N) is 1. The Bertz CT molecular complexity index is 889. The van der Waals surface area contributed by atoms with Gasteiger partial charge in [0.25, 0.3) is 5.91 Å². The molecular weight excluding hydrogens is 390 g/mol. The minimum absolute atomic E-state index is 0.102. The largest absolute Gasteiger partial charge is 0.383 e. The molecule has 1 aromatic carbocycles. The number of quaternary nitrogens is 1. The summed E-state index contributed by atoms with van der Waals surface area (Å²) in [6.45, 7) is 4.52. The third-order valence-corrected chi connectivity index (χ3v) is 7.49. The molecule has 7 nitrogen and oxygen atoms in total. The van der Waals surface area contributed by atoms with Crippen molar-refractivity contribution in [2.75, 3.05) is 37.6 Å². The van der Waals surface area contributed by atoms with Crippen LogP contribution in [0.1, 0.15) is 23.1 Å². The summed E-state index contributed by atoms with van der Waals surface area (Å²) in [5.74, 6) is -0.881. The Morgan fingerprint density at radius 1 is 1.24 bits per heavy atom. The predicted molar refractivity (Wildman–Crippen MR) is 111 cm³/mol. The molecule has 0 radical (unpaired) electrons. The molecule has 3 aliphatic rings. The SMILES string of the molecule is COCCN1C(=O)[C@@H]2[C@H](CCSC)[NH2+][C@]3(C(=O)Nc4c3ccc(C)c4C)[C@@H]2C1=O. The molecule has 1 spiro atoms. The van der Waals surface area contributed by atoms with Crippen molar-refractivity contribution in [2.45, 2.75) is 31.8 Å². The highest BCUT2D eigenvalue weighted by molar-refractivity contribution is 7.98. The highest BCUT2D eigenvalue weighted by Crippen LogP contribution is 2.50. The lowest BCUT2D eigenvalue weighted by atomic mass is 9.76. The topological polar surface area (TPSA) is 92.3 Å². The molecular formula is C21H28N3O4S+. The Morgan fingerprint density at radius 2 is 2.00 bits per heavy atom. The van der Waals surface area contributed by atoms with Crippen LogP contribution in [0.3, 0.4) is 0 Å². The fourth-order valence-electron chi connectivity index (χ4n) is 5.26. The van der Waals surface area contributed by atoms with Crippen LogP contribution >= 0.6 is 11.8 Å². The highest BCUT2D eigenvalue weighted by Gasteiger charge is 2.74. The second-order valence-electron chi connectivity index (χ2n) is 8.19. The number of rotatable bonds is 6. The molecule has 2 fully saturated rings. The number of hydrogen-bond donors (Lipinski definition) is 2. The van der Waals surface area contributed by atoms with E-state index < -0.39 is 17.4 Å². The molecule has 29 heavy (non-hydrogen) atoms. The van der Waals surface area contributed by atoms with Gasteiger partial charge in [-0.2, -0.15) is 11.8 Å². The summed E-state index contributed by atoms with van der Waals surface area (Å²) in [5, 5.41) is 5.05. The van der Waals surface area contributed by atoms with Gasteiger partial charge in [0.15, 0.2) is 0 Å². The summed E-state index contributed by atoms with van der Waals surface area (Å²) in [5.41, 5.74) is 2.66. The minimum atomic E-state index is -1.07. The highest BCUT2D eigenvalue weighted by atomic mass is 32.2. The summed E-state index contributed by atoms with van der Waals surface area (Å²) >= 11 is 1.71. The Hall–Kier alpha value is -1.90. The Labute approximate surface area is 174 Å². The van der Waals surface area contributed by atoms with E-state index in [9.17, 15) is 14.4 Å². The molecule has 3 heterocycles. The van der Waals surface area contributed by atoms with E-state index in [0.717, 1.165) is 34.6 Å². The van der Waals surface area contributed by atoms with Crippen LogP contribution in [0, 0.1) is 25.7 Å². The van der Waals surface area contributed by atoms with Crippen molar-refractivity contribution >= 4 is 35.2 Å². The van der Waals surface area contributed by atoms with Crippen molar-refractivity contribution in [3.8, 4) is 0 Å². The van der Waals surface area contributed by atoms with Crippen molar-refractivity contribution < 1.29 is 24.4 Å². The van der Waals surface area contributed by atoms with Crippen LogP contribution in [-0.2, 0) is 24.7 Å². The Morgan fingerprint density at radius 3 is 2.69 bits per heavy atom. The lowest BCUT2D eigenvalue weighted by molar-refractivity contribution is -0.733. The maximum atomic E-state index is 13.4. The minimum Gasteiger partial charge on any atom is -0.383 e. The van der Waals surface area contributed by atoms with Crippen LogP contribution in [-0.4, -0.2) is 60.9 Å². The predicted octanol–water partition coefficient (Wildman–Crippen LogP) is 0.397. The van der Waals surface area contributed by atoms with E-state index in [1.165, 1.54) is 4.90 Å². The van der Waals surface area contributed by atoms with E-state index in [2.05, 4.69) is 5.32 Å².